The van der Waals surface area contributed by atoms with Crippen molar-refractivity contribution in [2.45, 2.75) is 17.6 Å². The van der Waals surface area contributed by atoms with Crippen molar-refractivity contribution in [2.24, 2.45) is 0 Å². The number of halogens is 2. The smallest absolute Gasteiger partial charge is 0.137 e. The highest BCUT2D eigenvalue weighted by atomic mass is 79.9. The molecule has 2 unspecified atom stereocenters. The first kappa shape index (κ1) is 20.7. The molecule has 3 aromatic rings. The monoisotopic (exact) mass is 534 g/mol. The van der Waals surface area contributed by atoms with Gasteiger partial charge in [-0.3, -0.25) is 0 Å². The average molecular weight is 536 g/mol. The van der Waals surface area contributed by atoms with Crippen molar-refractivity contribution < 1.29 is 10.2 Å². The lowest BCUT2D eigenvalue weighted by molar-refractivity contribution is 0.109. The van der Waals surface area contributed by atoms with Crippen LogP contribution in [0, 0.1) is 0 Å². The SMILES string of the molecule is OC1(c2ccc(Br)cc2)C2=CC=CC=C(C2)C(O)(c2ccc(Br)cc2)c2ccccc21. The molecule has 2 N–H and O–H groups in total. The number of hydrogen-bond acceptors (Lipinski definition) is 2. The summed E-state index contributed by atoms with van der Waals surface area (Å²) in [5.74, 6) is 0. The summed E-state index contributed by atoms with van der Waals surface area (Å²) in [6.07, 6.45) is 8.25. The Morgan fingerprint density at radius 3 is 1.35 bits per heavy atom. The molecule has 0 spiro atoms. The lowest BCUT2D eigenvalue weighted by Gasteiger charge is -2.34. The van der Waals surface area contributed by atoms with Gasteiger partial charge in [-0.1, -0.05) is 105 Å². The molecule has 0 amide bonds. The molecule has 2 atom stereocenters. The van der Waals surface area contributed by atoms with Crippen LogP contribution in [0.5, 0.6) is 0 Å². The van der Waals surface area contributed by atoms with Gasteiger partial charge in [0.25, 0.3) is 0 Å². The predicted octanol–water partition coefficient (Wildman–Crippen LogP) is 6.51. The summed E-state index contributed by atoms with van der Waals surface area (Å²) in [5, 5.41) is 24.7. The zero-order chi connectivity index (χ0) is 21.6. The Morgan fingerprint density at radius 1 is 0.581 bits per heavy atom. The maximum atomic E-state index is 12.4. The normalized spacial score (nSPS) is 24.5. The van der Waals surface area contributed by atoms with E-state index in [2.05, 4.69) is 31.9 Å². The van der Waals surface area contributed by atoms with Gasteiger partial charge in [-0.25, -0.2) is 0 Å². The molecule has 3 aromatic carbocycles. The molecule has 2 aliphatic carbocycles. The van der Waals surface area contributed by atoms with E-state index in [0.717, 1.165) is 31.2 Å². The maximum Gasteiger partial charge on any atom is 0.137 e. The Bertz CT molecular complexity index is 1140. The van der Waals surface area contributed by atoms with Gasteiger partial charge < -0.3 is 10.2 Å². The van der Waals surface area contributed by atoms with E-state index in [9.17, 15) is 10.2 Å². The van der Waals surface area contributed by atoms with Crippen LogP contribution in [-0.4, -0.2) is 10.2 Å². The quantitative estimate of drug-likeness (QED) is 0.392. The first-order valence-corrected chi connectivity index (χ1v) is 11.7. The first-order chi connectivity index (χ1) is 14.9. The van der Waals surface area contributed by atoms with Crippen LogP contribution in [0.3, 0.4) is 0 Å². The van der Waals surface area contributed by atoms with Crippen LogP contribution in [0.15, 0.2) is 117 Å². The Balaban J connectivity index is 1.87. The fraction of sp³-hybridized carbons (Fsp3) is 0.111. The van der Waals surface area contributed by atoms with Crippen LogP contribution >= 0.6 is 31.9 Å². The van der Waals surface area contributed by atoms with Crippen LogP contribution in [0.1, 0.15) is 28.7 Å². The van der Waals surface area contributed by atoms with Gasteiger partial charge in [-0.2, -0.15) is 0 Å². The third kappa shape index (κ3) is 3.21. The summed E-state index contributed by atoms with van der Waals surface area (Å²) in [6.45, 7) is 0. The van der Waals surface area contributed by atoms with Crippen molar-refractivity contribution in [1.82, 2.24) is 0 Å². The van der Waals surface area contributed by atoms with Crippen molar-refractivity contribution in [1.29, 1.82) is 0 Å². The number of aliphatic hydroxyl groups is 2. The number of fused-ring (bicyclic) bond motifs is 3. The molecule has 0 heterocycles. The Morgan fingerprint density at radius 2 is 0.968 bits per heavy atom. The molecule has 0 aromatic heterocycles. The van der Waals surface area contributed by atoms with E-state index in [1.807, 2.05) is 97.1 Å². The van der Waals surface area contributed by atoms with Crippen molar-refractivity contribution in [3.63, 3.8) is 0 Å². The summed E-state index contributed by atoms with van der Waals surface area (Å²) in [7, 11) is 0. The Labute approximate surface area is 198 Å². The van der Waals surface area contributed by atoms with Crippen molar-refractivity contribution in [3.8, 4) is 0 Å². The fourth-order valence-electron chi connectivity index (χ4n) is 4.69. The molecule has 0 radical (unpaired) electrons. The van der Waals surface area contributed by atoms with Crippen LogP contribution in [0.25, 0.3) is 0 Å². The molecule has 154 valence electrons. The molecule has 0 fully saturated rings. The molecule has 0 saturated heterocycles. The molecule has 2 nitrogen and oxygen atoms in total. The molecule has 4 heteroatoms. The molecule has 2 bridgehead atoms. The van der Waals surface area contributed by atoms with Crippen LogP contribution < -0.4 is 0 Å². The van der Waals surface area contributed by atoms with Gasteiger partial charge in [0.1, 0.15) is 11.2 Å². The highest BCUT2D eigenvalue weighted by Crippen LogP contribution is 2.52. The highest BCUT2D eigenvalue weighted by molar-refractivity contribution is 9.10. The van der Waals surface area contributed by atoms with Crippen LogP contribution in [0.2, 0.25) is 0 Å². The number of rotatable bonds is 2. The lowest BCUT2D eigenvalue weighted by Crippen LogP contribution is -2.33. The van der Waals surface area contributed by atoms with Crippen molar-refractivity contribution in [2.75, 3.05) is 0 Å². The number of hydrogen-bond donors (Lipinski definition) is 2. The molecular weight excluding hydrogens is 516 g/mol. The zero-order valence-corrected chi connectivity index (χ0v) is 19.8. The Kier molecular flexibility index (Phi) is 5.14. The lowest BCUT2D eigenvalue weighted by atomic mass is 9.75. The van der Waals surface area contributed by atoms with Gasteiger partial charge in [0, 0.05) is 8.95 Å². The second kappa shape index (κ2) is 7.72. The first-order valence-electron chi connectivity index (χ1n) is 10.1. The minimum absolute atomic E-state index is 0.445. The van der Waals surface area contributed by atoms with E-state index in [1.54, 1.807) is 0 Å². The predicted molar refractivity (Wildman–Crippen MR) is 131 cm³/mol. The van der Waals surface area contributed by atoms with Crippen molar-refractivity contribution in [3.05, 3.63) is 139 Å². The Hall–Kier alpha value is -2.24. The van der Waals surface area contributed by atoms with E-state index >= 15 is 0 Å². The number of benzene rings is 3. The van der Waals surface area contributed by atoms with Crippen molar-refractivity contribution >= 4 is 31.9 Å². The highest BCUT2D eigenvalue weighted by Gasteiger charge is 2.48. The molecular formula is C27H20Br2O2. The largest absolute Gasteiger partial charge is 0.376 e. The third-order valence-corrected chi connectivity index (χ3v) is 7.30. The van der Waals surface area contributed by atoms with E-state index in [1.165, 1.54) is 0 Å². The summed E-state index contributed by atoms with van der Waals surface area (Å²) in [5.41, 5.74) is 1.83. The minimum atomic E-state index is -1.37. The van der Waals surface area contributed by atoms with E-state index in [-0.39, 0.29) is 0 Å². The summed E-state index contributed by atoms with van der Waals surface area (Å²) < 4.78 is 1.90. The zero-order valence-electron chi connectivity index (χ0n) is 16.6. The van der Waals surface area contributed by atoms with Gasteiger partial charge in [0.15, 0.2) is 0 Å². The second-order valence-electron chi connectivity index (χ2n) is 7.93. The van der Waals surface area contributed by atoms with Gasteiger partial charge in [-0.15, -0.1) is 0 Å². The van der Waals surface area contributed by atoms with Gasteiger partial charge in [0.2, 0.25) is 0 Å². The van der Waals surface area contributed by atoms with Crippen LogP contribution in [0.4, 0.5) is 0 Å². The molecule has 5 rings (SSSR count). The molecule has 0 saturated carbocycles. The minimum Gasteiger partial charge on any atom is -0.376 e. The average Bonchev–Trinajstić information content (AvgIpc) is 3.09. The standard InChI is InChI=1S/C27H20Br2O2/c28-22-13-9-18(10-14-22)26(30)20-5-1-2-6-21(17-20)27(31,19-11-15-23(29)16-12-19)25-8-4-3-7-24(25)26/h1-16,30-31H,17H2. The van der Waals surface area contributed by atoms with E-state index < -0.39 is 11.2 Å². The molecule has 0 aliphatic heterocycles. The summed E-state index contributed by atoms with van der Waals surface area (Å²) in [6, 6.07) is 23.2. The maximum absolute atomic E-state index is 12.4. The number of allylic oxidation sites excluding steroid dienone is 4. The fourth-order valence-corrected chi connectivity index (χ4v) is 5.22. The van der Waals surface area contributed by atoms with Gasteiger partial charge >= 0.3 is 0 Å². The topological polar surface area (TPSA) is 40.5 Å². The second-order valence-corrected chi connectivity index (χ2v) is 9.76. The van der Waals surface area contributed by atoms with Crippen LogP contribution in [-0.2, 0) is 11.2 Å². The third-order valence-electron chi connectivity index (χ3n) is 6.25. The van der Waals surface area contributed by atoms with Gasteiger partial charge in [-0.05, 0) is 64.1 Å². The van der Waals surface area contributed by atoms with E-state index in [4.69, 9.17) is 0 Å². The van der Waals surface area contributed by atoms with Gasteiger partial charge in [0.05, 0.1) is 0 Å². The summed E-state index contributed by atoms with van der Waals surface area (Å²) in [4.78, 5) is 0. The molecule has 2 aliphatic rings. The molecule has 31 heavy (non-hydrogen) atoms. The summed E-state index contributed by atoms with van der Waals surface area (Å²) >= 11 is 6.99. The van der Waals surface area contributed by atoms with E-state index in [0.29, 0.717) is 17.5 Å².